The molecule has 196 valence electrons. The van der Waals surface area contributed by atoms with Crippen molar-refractivity contribution in [2.24, 2.45) is 0 Å². The van der Waals surface area contributed by atoms with Crippen LogP contribution in [0.4, 0.5) is 18.9 Å². The summed E-state index contributed by atoms with van der Waals surface area (Å²) in [6.07, 6.45) is 0.598. The Morgan fingerprint density at radius 1 is 0.974 bits per heavy atom. The van der Waals surface area contributed by atoms with Crippen molar-refractivity contribution in [3.05, 3.63) is 84.1 Å². The molecule has 2 amide bonds. The van der Waals surface area contributed by atoms with Gasteiger partial charge in [-0.3, -0.25) is 24.2 Å². The molecule has 0 radical (unpaired) electrons. The summed E-state index contributed by atoms with van der Waals surface area (Å²) < 4.78 is 40.3. The fourth-order valence-electron chi connectivity index (χ4n) is 4.29. The highest BCUT2D eigenvalue weighted by Gasteiger charge is 2.33. The van der Waals surface area contributed by atoms with Gasteiger partial charge in [-0.05, 0) is 48.0 Å². The van der Waals surface area contributed by atoms with Crippen LogP contribution in [0.15, 0.2) is 67.1 Å². The minimum atomic E-state index is -4.64. The van der Waals surface area contributed by atoms with Gasteiger partial charge in [0, 0.05) is 62.4 Å². The molecule has 4 aromatic rings. The molecule has 1 fully saturated rings. The fourth-order valence-corrected chi connectivity index (χ4v) is 4.29. The first-order chi connectivity index (χ1) is 18.2. The lowest BCUT2D eigenvalue weighted by Crippen LogP contribution is -2.49. The van der Waals surface area contributed by atoms with Gasteiger partial charge in [0.25, 0.3) is 5.91 Å². The predicted molar refractivity (Wildman–Crippen MR) is 133 cm³/mol. The number of carbonyl (C=O) groups excluding carboxylic acids is 2. The summed E-state index contributed by atoms with van der Waals surface area (Å²) in [7, 11) is 0. The summed E-state index contributed by atoms with van der Waals surface area (Å²) >= 11 is 0. The fraction of sp³-hybridized carbons (Fsp3) is 0.269. The first-order valence-electron chi connectivity index (χ1n) is 12.0. The summed E-state index contributed by atoms with van der Waals surface area (Å²) in [6, 6.07) is 12.0. The molecule has 1 aliphatic heterocycles. The molecule has 12 heteroatoms. The number of aromatic nitrogens is 4. The number of benzene rings is 1. The second-order valence-corrected chi connectivity index (χ2v) is 8.97. The number of hydrogen-bond acceptors (Lipinski definition) is 6. The van der Waals surface area contributed by atoms with E-state index < -0.39 is 17.8 Å². The highest BCUT2D eigenvalue weighted by Crippen LogP contribution is 2.27. The second kappa shape index (κ2) is 10.6. The number of anilines is 1. The number of alkyl halides is 3. The van der Waals surface area contributed by atoms with Gasteiger partial charge in [-0.2, -0.15) is 18.3 Å². The van der Waals surface area contributed by atoms with Crippen molar-refractivity contribution in [3.8, 4) is 0 Å². The third kappa shape index (κ3) is 5.97. The minimum Gasteiger partial charge on any atom is -0.339 e. The van der Waals surface area contributed by atoms with E-state index in [2.05, 4.69) is 25.3 Å². The van der Waals surface area contributed by atoms with E-state index >= 15 is 0 Å². The number of halogens is 3. The van der Waals surface area contributed by atoms with E-state index in [4.69, 9.17) is 0 Å². The Kier molecular flexibility index (Phi) is 7.05. The number of carbonyl (C=O) groups is 2. The van der Waals surface area contributed by atoms with Crippen LogP contribution >= 0.6 is 0 Å². The second-order valence-electron chi connectivity index (χ2n) is 8.97. The average Bonchev–Trinajstić information content (AvgIpc) is 3.30. The number of amides is 2. The van der Waals surface area contributed by atoms with Gasteiger partial charge >= 0.3 is 6.18 Å². The van der Waals surface area contributed by atoms with Crippen molar-refractivity contribution >= 4 is 28.4 Å². The lowest BCUT2D eigenvalue weighted by Gasteiger charge is -2.34. The van der Waals surface area contributed by atoms with Crippen LogP contribution in [0.25, 0.3) is 10.9 Å². The highest BCUT2D eigenvalue weighted by atomic mass is 19.4. The Bertz CT molecular complexity index is 1450. The summed E-state index contributed by atoms with van der Waals surface area (Å²) in [5.74, 6) is -0.799. The zero-order chi connectivity index (χ0) is 26.7. The van der Waals surface area contributed by atoms with Crippen molar-refractivity contribution in [1.82, 2.24) is 29.5 Å². The summed E-state index contributed by atoms with van der Waals surface area (Å²) in [6.45, 7) is 3.71. The zero-order valence-electron chi connectivity index (χ0n) is 20.2. The molecule has 0 aliphatic carbocycles. The van der Waals surface area contributed by atoms with Crippen molar-refractivity contribution in [2.75, 3.05) is 31.5 Å². The molecule has 1 saturated heterocycles. The standard InChI is InChI=1S/C26H24F3N7O2/c27-26(28,29)23-3-1-2-22(32-23)25(38)31-20-4-5-21-19(14-20)16-36(33-21)17-24(37)35-12-10-34(11-13-35)15-18-6-8-30-9-7-18/h1-9,14,16H,10-13,15,17H2,(H,31,38). The smallest absolute Gasteiger partial charge is 0.339 e. The van der Waals surface area contributed by atoms with Gasteiger partial charge in [-0.1, -0.05) is 6.07 Å². The molecule has 9 nitrogen and oxygen atoms in total. The Morgan fingerprint density at radius 3 is 2.47 bits per heavy atom. The average molecular weight is 524 g/mol. The number of pyridine rings is 2. The van der Waals surface area contributed by atoms with Crippen LogP contribution in [0, 0.1) is 0 Å². The lowest BCUT2D eigenvalue weighted by atomic mass is 10.2. The molecule has 0 saturated carbocycles. The number of rotatable bonds is 6. The number of fused-ring (bicyclic) bond motifs is 1. The molecule has 4 heterocycles. The molecule has 0 atom stereocenters. The molecule has 1 aromatic carbocycles. The van der Waals surface area contributed by atoms with Crippen molar-refractivity contribution in [3.63, 3.8) is 0 Å². The number of piperazine rings is 1. The quantitative estimate of drug-likeness (QED) is 0.416. The molecule has 3 aromatic heterocycles. The van der Waals surface area contributed by atoms with Crippen molar-refractivity contribution in [2.45, 2.75) is 19.3 Å². The van der Waals surface area contributed by atoms with E-state index in [9.17, 15) is 22.8 Å². The number of nitrogens with one attached hydrogen (secondary N) is 1. The lowest BCUT2D eigenvalue weighted by molar-refractivity contribution is -0.141. The molecular weight excluding hydrogens is 499 g/mol. The van der Waals surface area contributed by atoms with E-state index in [-0.39, 0.29) is 18.1 Å². The van der Waals surface area contributed by atoms with Crippen LogP contribution in [0.2, 0.25) is 0 Å². The van der Waals surface area contributed by atoms with E-state index in [0.717, 1.165) is 31.8 Å². The van der Waals surface area contributed by atoms with Gasteiger partial charge in [0.1, 0.15) is 17.9 Å². The molecule has 0 unspecified atom stereocenters. The van der Waals surface area contributed by atoms with E-state index in [1.165, 1.54) is 11.6 Å². The van der Waals surface area contributed by atoms with Gasteiger partial charge in [-0.25, -0.2) is 4.98 Å². The monoisotopic (exact) mass is 523 g/mol. The predicted octanol–water partition coefficient (Wildman–Crippen LogP) is 3.44. The van der Waals surface area contributed by atoms with Crippen LogP contribution in [-0.2, 0) is 24.1 Å². The summed E-state index contributed by atoms with van der Waals surface area (Å²) in [5.41, 5.74) is 0.696. The van der Waals surface area contributed by atoms with E-state index in [1.807, 2.05) is 17.0 Å². The van der Waals surface area contributed by atoms with Gasteiger partial charge in [0.05, 0.1) is 5.52 Å². The molecule has 5 rings (SSSR count). The van der Waals surface area contributed by atoms with Crippen molar-refractivity contribution in [1.29, 1.82) is 0 Å². The summed E-state index contributed by atoms with van der Waals surface area (Å²) in [4.78, 5) is 36.9. The highest BCUT2D eigenvalue weighted by molar-refractivity contribution is 6.03. The summed E-state index contributed by atoms with van der Waals surface area (Å²) in [5, 5.41) is 7.68. The number of hydrogen-bond donors (Lipinski definition) is 1. The van der Waals surface area contributed by atoms with Gasteiger partial charge in [0.15, 0.2) is 0 Å². The topological polar surface area (TPSA) is 96.2 Å². The van der Waals surface area contributed by atoms with Crippen LogP contribution in [-0.4, -0.2) is 67.5 Å². The van der Waals surface area contributed by atoms with Crippen LogP contribution in [0.3, 0.4) is 0 Å². The van der Waals surface area contributed by atoms with Gasteiger partial charge < -0.3 is 10.2 Å². The van der Waals surface area contributed by atoms with Crippen LogP contribution in [0.5, 0.6) is 0 Å². The Morgan fingerprint density at radius 2 is 1.74 bits per heavy atom. The Labute approximate surface area is 215 Å². The zero-order valence-corrected chi connectivity index (χ0v) is 20.2. The SMILES string of the molecule is O=C(Nc1ccc2nn(CC(=O)N3CCN(Cc4ccncc4)CC3)cc2c1)c1cccc(C(F)(F)F)n1. The minimum absolute atomic E-state index is 0.0366. The van der Waals surface area contributed by atoms with E-state index in [0.29, 0.717) is 29.7 Å². The maximum absolute atomic E-state index is 12.9. The maximum atomic E-state index is 12.9. The normalized spacial score (nSPS) is 14.6. The van der Waals surface area contributed by atoms with Gasteiger partial charge in [0.2, 0.25) is 5.91 Å². The molecule has 1 aliphatic rings. The van der Waals surface area contributed by atoms with Crippen LogP contribution < -0.4 is 5.32 Å². The Balaban J connectivity index is 1.18. The molecule has 1 N–H and O–H groups in total. The first kappa shape index (κ1) is 25.3. The maximum Gasteiger partial charge on any atom is 0.433 e. The molecule has 0 spiro atoms. The van der Waals surface area contributed by atoms with E-state index in [1.54, 1.807) is 41.5 Å². The Hall–Kier alpha value is -4.32. The van der Waals surface area contributed by atoms with Crippen molar-refractivity contribution < 1.29 is 22.8 Å². The first-order valence-corrected chi connectivity index (χ1v) is 12.0. The number of nitrogens with zero attached hydrogens (tertiary/aromatic N) is 6. The largest absolute Gasteiger partial charge is 0.433 e. The molecular formula is C26H24F3N7O2. The third-order valence-corrected chi connectivity index (χ3v) is 6.26. The molecule has 0 bridgehead atoms. The molecule has 38 heavy (non-hydrogen) atoms. The van der Waals surface area contributed by atoms with Crippen LogP contribution in [0.1, 0.15) is 21.7 Å². The third-order valence-electron chi connectivity index (χ3n) is 6.26. The van der Waals surface area contributed by atoms with Gasteiger partial charge in [-0.15, -0.1) is 0 Å².